The van der Waals surface area contributed by atoms with Gasteiger partial charge in [-0.05, 0) is 31.4 Å². The molecule has 0 bridgehead atoms. The molecule has 3 nitrogen and oxygen atoms in total. The molecule has 0 spiro atoms. The molecule has 0 aliphatic carbocycles. The van der Waals surface area contributed by atoms with Crippen molar-refractivity contribution < 1.29 is 9.90 Å². The fourth-order valence-electron chi connectivity index (χ4n) is 1.77. The van der Waals surface area contributed by atoms with Gasteiger partial charge < -0.3 is 10.4 Å². The predicted octanol–water partition coefficient (Wildman–Crippen LogP) is 3.24. The molecule has 0 saturated carbocycles. The molecule has 18 heavy (non-hydrogen) atoms. The summed E-state index contributed by atoms with van der Waals surface area (Å²) in [5.74, 6) is 0.302. The predicted molar refractivity (Wildman–Crippen MR) is 77.4 cm³/mol. The Labute approximate surface area is 117 Å². The number of halogens is 1. The van der Waals surface area contributed by atoms with Gasteiger partial charge in [0.25, 0.3) is 5.91 Å². The number of aromatic hydroxyl groups is 1. The Morgan fingerprint density at radius 3 is 2.83 bits per heavy atom. The Bertz CT molecular complexity index is 407. The minimum Gasteiger partial charge on any atom is -0.507 e. The molecule has 0 aliphatic heterocycles. The lowest BCUT2D eigenvalue weighted by molar-refractivity contribution is 0.0943. The van der Waals surface area contributed by atoms with E-state index in [2.05, 4.69) is 28.2 Å². The van der Waals surface area contributed by atoms with Gasteiger partial charge in [0.2, 0.25) is 0 Å². The molecule has 1 aromatic rings. The fourth-order valence-corrected chi connectivity index (χ4v) is 2.42. The maximum absolute atomic E-state index is 12.0. The third-order valence-electron chi connectivity index (χ3n) is 3.04. The zero-order valence-corrected chi connectivity index (χ0v) is 12.5. The summed E-state index contributed by atoms with van der Waals surface area (Å²) in [6, 6.07) is 5.04. The zero-order valence-electron chi connectivity index (χ0n) is 10.9. The first-order chi connectivity index (χ1) is 8.58. The molecule has 1 aromatic carbocycles. The number of hydrogen-bond donors (Lipinski definition) is 2. The largest absolute Gasteiger partial charge is 0.507 e. The van der Waals surface area contributed by atoms with Gasteiger partial charge in [0.05, 0.1) is 5.56 Å². The molecule has 0 aromatic heterocycles. The molecule has 2 N–H and O–H groups in total. The van der Waals surface area contributed by atoms with Crippen LogP contribution >= 0.6 is 15.9 Å². The first-order valence-electron chi connectivity index (χ1n) is 6.22. The molecule has 0 heterocycles. The van der Waals surface area contributed by atoms with E-state index in [0.717, 1.165) is 23.7 Å². The highest BCUT2D eigenvalue weighted by molar-refractivity contribution is 9.09. The van der Waals surface area contributed by atoms with Crippen molar-refractivity contribution in [2.75, 3.05) is 11.9 Å². The van der Waals surface area contributed by atoms with Crippen LogP contribution in [0.1, 0.15) is 35.7 Å². The van der Waals surface area contributed by atoms with Crippen molar-refractivity contribution in [3.05, 3.63) is 29.3 Å². The van der Waals surface area contributed by atoms with E-state index in [0.29, 0.717) is 18.0 Å². The van der Waals surface area contributed by atoms with E-state index in [9.17, 15) is 9.90 Å². The quantitative estimate of drug-likeness (QED) is 0.792. The Morgan fingerprint density at radius 1 is 1.50 bits per heavy atom. The Morgan fingerprint density at radius 2 is 2.22 bits per heavy atom. The van der Waals surface area contributed by atoms with Crippen molar-refractivity contribution in [1.82, 2.24) is 5.32 Å². The van der Waals surface area contributed by atoms with Gasteiger partial charge in [0.15, 0.2) is 0 Å². The number of rotatable bonds is 6. The lowest BCUT2D eigenvalue weighted by atomic mass is 10.0. The molecule has 1 rings (SSSR count). The van der Waals surface area contributed by atoms with Gasteiger partial charge in [-0.3, -0.25) is 4.79 Å². The van der Waals surface area contributed by atoms with Gasteiger partial charge in [-0.15, -0.1) is 0 Å². The number of phenolic OH excluding ortho intramolecular Hbond substituents is 1. The summed E-state index contributed by atoms with van der Waals surface area (Å²) < 4.78 is 0. The minimum absolute atomic E-state index is 0.0339. The first kappa shape index (κ1) is 15.0. The molecule has 0 saturated heterocycles. The summed E-state index contributed by atoms with van der Waals surface area (Å²) in [7, 11) is 0. The van der Waals surface area contributed by atoms with Crippen LogP contribution in [-0.2, 0) is 0 Å². The van der Waals surface area contributed by atoms with E-state index in [4.69, 9.17) is 0 Å². The van der Waals surface area contributed by atoms with Crippen LogP contribution in [-0.4, -0.2) is 22.9 Å². The number of amides is 1. The molecule has 1 amide bonds. The van der Waals surface area contributed by atoms with Crippen molar-refractivity contribution >= 4 is 21.8 Å². The van der Waals surface area contributed by atoms with E-state index in [1.165, 1.54) is 0 Å². The van der Waals surface area contributed by atoms with Gasteiger partial charge in [-0.25, -0.2) is 0 Å². The van der Waals surface area contributed by atoms with E-state index in [1.807, 2.05) is 6.92 Å². The van der Waals surface area contributed by atoms with Gasteiger partial charge in [0, 0.05) is 11.9 Å². The average molecular weight is 314 g/mol. The van der Waals surface area contributed by atoms with Gasteiger partial charge in [-0.2, -0.15) is 0 Å². The molecule has 0 aliphatic rings. The van der Waals surface area contributed by atoms with Crippen molar-refractivity contribution in [2.24, 2.45) is 5.92 Å². The van der Waals surface area contributed by atoms with Crippen LogP contribution in [0.4, 0.5) is 0 Å². The average Bonchev–Trinajstić information content (AvgIpc) is 2.37. The smallest absolute Gasteiger partial charge is 0.255 e. The van der Waals surface area contributed by atoms with E-state index < -0.39 is 0 Å². The number of nitrogens with one attached hydrogen (secondary N) is 1. The number of aryl methyl sites for hydroxylation is 1. The van der Waals surface area contributed by atoms with Crippen LogP contribution in [0.3, 0.4) is 0 Å². The van der Waals surface area contributed by atoms with E-state index in [-0.39, 0.29) is 11.7 Å². The molecule has 0 fully saturated rings. The summed E-state index contributed by atoms with van der Waals surface area (Å²) in [4.78, 5) is 12.0. The van der Waals surface area contributed by atoms with Crippen molar-refractivity contribution in [3.63, 3.8) is 0 Å². The third-order valence-corrected chi connectivity index (χ3v) is 3.50. The normalized spacial score (nSPS) is 12.2. The number of benzene rings is 1. The number of carbonyl (C=O) groups is 1. The monoisotopic (exact) mass is 313 g/mol. The van der Waals surface area contributed by atoms with Crippen LogP contribution in [0.5, 0.6) is 5.75 Å². The molecule has 0 radical (unpaired) electrons. The number of hydrogen-bond acceptors (Lipinski definition) is 2. The van der Waals surface area contributed by atoms with Gasteiger partial charge in [0.1, 0.15) is 5.75 Å². The van der Waals surface area contributed by atoms with Crippen LogP contribution in [0, 0.1) is 12.8 Å². The number of alkyl halides is 1. The van der Waals surface area contributed by atoms with Gasteiger partial charge >= 0.3 is 0 Å². The third kappa shape index (κ3) is 4.33. The topological polar surface area (TPSA) is 49.3 Å². The number of carbonyl (C=O) groups excluding carboxylic acids is 1. The highest BCUT2D eigenvalue weighted by Gasteiger charge is 2.13. The second kappa shape index (κ2) is 7.41. The van der Waals surface area contributed by atoms with Crippen LogP contribution in [0.25, 0.3) is 0 Å². The van der Waals surface area contributed by atoms with Gasteiger partial charge in [-0.1, -0.05) is 40.9 Å². The summed E-state index contributed by atoms with van der Waals surface area (Å²) in [5.41, 5.74) is 1.31. The van der Waals surface area contributed by atoms with Crippen molar-refractivity contribution in [2.45, 2.75) is 26.7 Å². The van der Waals surface area contributed by atoms with Crippen LogP contribution in [0.15, 0.2) is 18.2 Å². The lowest BCUT2D eigenvalue weighted by Gasteiger charge is -2.14. The Balaban J connectivity index is 2.62. The molecular weight excluding hydrogens is 294 g/mol. The Kier molecular flexibility index (Phi) is 6.19. The molecule has 1 unspecified atom stereocenters. The Hall–Kier alpha value is -1.03. The summed E-state index contributed by atoms with van der Waals surface area (Å²) in [6.07, 6.45) is 2.07. The molecular formula is C14H20BrNO2. The summed E-state index contributed by atoms with van der Waals surface area (Å²) in [5, 5.41) is 13.5. The highest BCUT2D eigenvalue weighted by Crippen LogP contribution is 2.18. The minimum atomic E-state index is -0.204. The second-order valence-corrected chi connectivity index (χ2v) is 5.28. The first-order valence-corrected chi connectivity index (χ1v) is 7.34. The van der Waals surface area contributed by atoms with Crippen molar-refractivity contribution in [1.29, 1.82) is 0 Å². The maximum atomic E-state index is 12.0. The van der Waals surface area contributed by atoms with Crippen LogP contribution < -0.4 is 5.32 Å². The van der Waals surface area contributed by atoms with Crippen LogP contribution in [0.2, 0.25) is 0 Å². The molecule has 1 atom stereocenters. The molecule has 100 valence electrons. The lowest BCUT2D eigenvalue weighted by Crippen LogP contribution is -2.29. The zero-order chi connectivity index (χ0) is 13.5. The van der Waals surface area contributed by atoms with Crippen molar-refractivity contribution in [3.8, 4) is 5.75 Å². The summed E-state index contributed by atoms with van der Waals surface area (Å²) >= 11 is 3.41. The SMILES string of the molecule is CCC(CCBr)CNC(=O)c1cc(C)ccc1O. The molecule has 4 heteroatoms. The summed E-state index contributed by atoms with van der Waals surface area (Å²) in [6.45, 7) is 4.66. The highest BCUT2D eigenvalue weighted by atomic mass is 79.9. The number of phenols is 1. The second-order valence-electron chi connectivity index (χ2n) is 4.48. The maximum Gasteiger partial charge on any atom is 0.255 e. The van der Waals surface area contributed by atoms with E-state index >= 15 is 0 Å². The standard InChI is InChI=1S/C14H20BrNO2/c1-3-11(6-7-15)9-16-14(18)12-8-10(2)4-5-13(12)17/h4-5,8,11,17H,3,6-7,9H2,1-2H3,(H,16,18). The van der Waals surface area contributed by atoms with E-state index in [1.54, 1.807) is 18.2 Å². The fraction of sp³-hybridized carbons (Fsp3) is 0.500.